The van der Waals surface area contributed by atoms with Gasteiger partial charge in [0.15, 0.2) is 0 Å². The molecular weight excluding hydrogens is 804 g/mol. The first-order valence-electron chi connectivity index (χ1n) is 16.1. The van der Waals surface area contributed by atoms with Crippen LogP contribution in [0.1, 0.15) is 45.6 Å². The van der Waals surface area contributed by atoms with E-state index in [0.717, 1.165) is 35.4 Å². The predicted molar refractivity (Wildman–Crippen MR) is 197 cm³/mol. The van der Waals surface area contributed by atoms with Gasteiger partial charge in [0.1, 0.15) is 13.3 Å². The maximum atomic E-state index is 12.7. The largest absolute Gasteiger partial charge is 0.416 e. The van der Waals surface area contributed by atoms with Crippen molar-refractivity contribution >= 4 is 59.1 Å². The minimum absolute atomic E-state index is 0.135. The van der Waals surface area contributed by atoms with Crippen LogP contribution >= 0.6 is 46.4 Å². The summed E-state index contributed by atoms with van der Waals surface area (Å²) < 4.78 is 88.0. The number of hydrogen-bond donors (Lipinski definition) is 2. The molecule has 2 aliphatic rings. The molecule has 6 rings (SSSR count). The summed E-state index contributed by atoms with van der Waals surface area (Å²) in [6.07, 6.45) is -6.41. The number of rotatable bonds is 12. The van der Waals surface area contributed by atoms with E-state index in [0.29, 0.717) is 57.6 Å². The lowest BCUT2D eigenvalue weighted by Crippen LogP contribution is -2.36. The highest BCUT2D eigenvalue weighted by atomic mass is 35.5. The third-order valence-electron chi connectivity index (χ3n) is 8.02. The number of aliphatic imine (C=N–C) groups is 2. The summed E-state index contributed by atoms with van der Waals surface area (Å²) in [7, 11) is 0. The van der Waals surface area contributed by atoms with Gasteiger partial charge < -0.3 is 20.3 Å². The Hall–Kier alpha value is -3.60. The molecule has 0 saturated heterocycles. The van der Waals surface area contributed by atoms with Gasteiger partial charge in [0.05, 0.1) is 62.3 Å². The van der Waals surface area contributed by atoms with Gasteiger partial charge in [0.25, 0.3) is 0 Å². The monoisotopic (exact) mass is 834 g/mol. The first-order chi connectivity index (χ1) is 25.7. The first-order valence-corrected chi connectivity index (χ1v) is 17.6. The fourth-order valence-electron chi connectivity index (χ4n) is 5.21. The molecule has 0 amide bonds. The smallest absolute Gasteiger partial charge is 0.367 e. The summed E-state index contributed by atoms with van der Waals surface area (Å²) in [6, 6.07) is 20.0. The van der Waals surface area contributed by atoms with E-state index in [1.807, 2.05) is 10.0 Å². The van der Waals surface area contributed by atoms with Gasteiger partial charge >= 0.3 is 12.4 Å². The topological polar surface area (TPSA) is 73.7 Å². The minimum atomic E-state index is -4.36. The van der Waals surface area contributed by atoms with Gasteiger partial charge in [0.2, 0.25) is 0 Å². The van der Waals surface area contributed by atoms with Crippen LogP contribution in [0.3, 0.4) is 0 Å². The molecule has 54 heavy (non-hydrogen) atoms. The average Bonchev–Trinajstić information content (AvgIpc) is 3.84. The van der Waals surface area contributed by atoms with Crippen LogP contribution in [0, 0.1) is 0 Å². The highest BCUT2D eigenvalue weighted by Crippen LogP contribution is 2.33. The van der Waals surface area contributed by atoms with Gasteiger partial charge in [-0.2, -0.15) is 36.4 Å². The number of hydrazine groups is 2. The van der Waals surface area contributed by atoms with Crippen molar-refractivity contribution < 1.29 is 35.8 Å². The van der Waals surface area contributed by atoms with E-state index in [1.54, 1.807) is 49.1 Å². The lowest BCUT2D eigenvalue weighted by atomic mass is 10.1. The van der Waals surface area contributed by atoms with Crippen LogP contribution in [-0.4, -0.2) is 49.1 Å². The van der Waals surface area contributed by atoms with Crippen LogP contribution in [0.5, 0.6) is 0 Å². The molecule has 2 aliphatic heterocycles. The van der Waals surface area contributed by atoms with E-state index in [1.165, 1.54) is 24.3 Å². The third-order valence-corrected chi connectivity index (χ3v) is 9.15. The number of ether oxygens (including phenoxy) is 2. The van der Waals surface area contributed by atoms with Crippen molar-refractivity contribution in [2.45, 2.75) is 37.8 Å². The molecule has 2 heterocycles. The summed E-state index contributed by atoms with van der Waals surface area (Å²) in [6.45, 7) is 2.09. The van der Waals surface area contributed by atoms with Crippen LogP contribution in [-0.2, 0) is 35.0 Å². The Morgan fingerprint density at radius 3 is 1.24 bits per heavy atom. The van der Waals surface area contributed by atoms with Gasteiger partial charge in [0, 0.05) is 31.2 Å². The Balaban J connectivity index is 0.000000208. The normalized spacial score (nSPS) is 15.7. The molecule has 2 atom stereocenters. The van der Waals surface area contributed by atoms with Crippen molar-refractivity contribution in [2.24, 2.45) is 9.98 Å². The highest BCUT2D eigenvalue weighted by molar-refractivity contribution is 6.35. The zero-order valence-electron chi connectivity index (χ0n) is 28.0. The zero-order valence-corrected chi connectivity index (χ0v) is 31.0. The summed E-state index contributed by atoms with van der Waals surface area (Å²) >= 11 is 24.5. The van der Waals surface area contributed by atoms with E-state index in [4.69, 9.17) is 55.9 Å². The fourth-order valence-corrected chi connectivity index (χ4v) is 6.27. The Morgan fingerprint density at radius 1 is 0.574 bits per heavy atom. The maximum absolute atomic E-state index is 12.7. The first kappa shape index (κ1) is 41.6. The predicted octanol–water partition coefficient (Wildman–Crippen LogP) is 10.2. The SMILES string of the molecule is FC(F)(F)c1ccc(COC(CN2CN=CN2)c2ccc(Cl)cc2Cl)cc1.FC(F)(F)c1ccc(COC(CN2CN=CN2)c2ccc(Cl)cc2Cl)cc1. The van der Waals surface area contributed by atoms with E-state index in [2.05, 4.69) is 20.8 Å². The van der Waals surface area contributed by atoms with Crippen molar-refractivity contribution in [3.8, 4) is 0 Å². The number of halogens is 10. The van der Waals surface area contributed by atoms with Crippen molar-refractivity contribution in [3.05, 3.63) is 138 Å². The quantitative estimate of drug-likeness (QED) is 0.139. The van der Waals surface area contributed by atoms with E-state index in [-0.39, 0.29) is 13.2 Å². The second kappa shape index (κ2) is 18.8. The molecule has 2 unspecified atom stereocenters. The second-order valence-electron chi connectivity index (χ2n) is 11.9. The number of benzene rings is 4. The van der Waals surface area contributed by atoms with Crippen molar-refractivity contribution in [2.75, 3.05) is 26.4 Å². The molecule has 0 radical (unpaired) electrons. The molecule has 18 heteroatoms. The molecule has 288 valence electrons. The van der Waals surface area contributed by atoms with Crippen LogP contribution in [0.15, 0.2) is 94.9 Å². The molecule has 4 aromatic carbocycles. The summed E-state index contributed by atoms with van der Waals surface area (Å²) in [5.41, 5.74) is 7.30. The van der Waals surface area contributed by atoms with Crippen molar-refractivity contribution in [3.63, 3.8) is 0 Å². The average molecular weight is 836 g/mol. The Bertz CT molecular complexity index is 1750. The molecule has 2 N–H and O–H groups in total. The third kappa shape index (κ3) is 12.2. The maximum Gasteiger partial charge on any atom is 0.416 e. The Labute approximate surface area is 327 Å². The van der Waals surface area contributed by atoms with Gasteiger partial charge in [-0.05, 0) is 59.7 Å². The summed E-state index contributed by atoms with van der Waals surface area (Å²) in [4.78, 5) is 8.15. The van der Waals surface area contributed by atoms with E-state index >= 15 is 0 Å². The molecule has 0 spiro atoms. The molecule has 0 bridgehead atoms. The fraction of sp³-hybridized carbons (Fsp3) is 0.278. The highest BCUT2D eigenvalue weighted by Gasteiger charge is 2.31. The molecule has 8 nitrogen and oxygen atoms in total. The van der Waals surface area contributed by atoms with Crippen LogP contribution in [0.25, 0.3) is 0 Å². The molecule has 0 fully saturated rings. The van der Waals surface area contributed by atoms with E-state index < -0.39 is 35.7 Å². The second-order valence-corrected chi connectivity index (χ2v) is 13.6. The minimum Gasteiger partial charge on any atom is -0.367 e. The summed E-state index contributed by atoms with van der Waals surface area (Å²) in [5.74, 6) is 0. The standard InChI is InChI=1S/2C18H16Cl2F3N3O/c2*19-14-5-6-15(16(20)7-14)17(8-26-11-24-10-25-26)27-9-12-1-3-13(4-2-12)18(21,22)23/h2*1-7,10,17H,8-9,11H2,(H,24,25). The Morgan fingerprint density at radius 2 is 0.944 bits per heavy atom. The van der Waals surface area contributed by atoms with Crippen LogP contribution in [0.4, 0.5) is 26.3 Å². The van der Waals surface area contributed by atoms with Gasteiger partial charge in [-0.25, -0.2) is 0 Å². The summed E-state index contributed by atoms with van der Waals surface area (Å²) in [5, 5.41) is 5.60. The van der Waals surface area contributed by atoms with Crippen molar-refractivity contribution in [1.82, 2.24) is 20.9 Å². The molecule has 0 aliphatic carbocycles. The lowest BCUT2D eigenvalue weighted by Gasteiger charge is -2.24. The van der Waals surface area contributed by atoms with Gasteiger partial charge in [-0.3, -0.25) is 9.98 Å². The number of hydrogen-bond acceptors (Lipinski definition) is 8. The van der Waals surface area contributed by atoms with Crippen LogP contribution < -0.4 is 10.9 Å². The Kier molecular flexibility index (Phi) is 14.5. The number of nitrogens with zero attached hydrogens (tertiary/aromatic N) is 4. The number of nitrogens with one attached hydrogen (secondary N) is 2. The zero-order chi connectivity index (χ0) is 38.9. The molecule has 4 aromatic rings. The molecular formula is C36H32Cl4F6N6O2. The van der Waals surface area contributed by atoms with Crippen molar-refractivity contribution in [1.29, 1.82) is 0 Å². The van der Waals surface area contributed by atoms with Gasteiger partial charge in [-0.1, -0.05) is 82.8 Å². The molecule has 0 aromatic heterocycles. The molecule has 0 saturated carbocycles. The lowest BCUT2D eigenvalue weighted by molar-refractivity contribution is -0.138. The van der Waals surface area contributed by atoms with Crippen LogP contribution in [0.2, 0.25) is 20.1 Å². The van der Waals surface area contributed by atoms with E-state index in [9.17, 15) is 26.3 Å². The van der Waals surface area contributed by atoms with Gasteiger partial charge in [-0.15, -0.1) is 0 Å². The number of alkyl halides is 6.